The number of hydrogen-bond donors (Lipinski definition) is 0. The second-order valence-corrected chi connectivity index (χ2v) is 6.40. The molecule has 124 valence electrons. The largest absolute Gasteiger partial charge is 0.449 e. The van der Waals surface area contributed by atoms with Crippen LogP contribution in [0.15, 0.2) is 17.5 Å². The molecule has 4 nitrogen and oxygen atoms in total. The molecule has 0 saturated carbocycles. The highest BCUT2D eigenvalue weighted by Crippen LogP contribution is 2.11. The predicted molar refractivity (Wildman–Crippen MR) is 90.6 cm³/mol. The van der Waals surface area contributed by atoms with E-state index in [-0.39, 0.29) is 11.9 Å². The van der Waals surface area contributed by atoms with Crippen LogP contribution in [0.2, 0.25) is 0 Å². The summed E-state index contributed by atoms with van der Waals surface area (Å²) in [4.78, 5) is 25.8. The van der Waals surface area contributed by atoms with E-state index in [1.54, 1.807) is 7.05 Å². The second kappa shape index (κ2) is 11.2. The number of carbonyl (C=O) groups excluding carboxylic acids is 2. The van der Waals surface area contributed by atoms with Crippen LogP contribution in [0, 0.1) is 0 Å². The fraction of sp³-hybridized carbons (Fsp3) is 0.647. The zero-order chi connectivity index (χ0) is 16.2. The van der Waals surface area contributed by atoms with Gasteiger partial charge in [0.2, 0.25) is 0 Å². The third kappa shape index (κ3) is 7.59. The van der Waals surface area contributed by atoms with Crippen LogP contribution in [0.1, 0.15) is 61.5 Å². The Kier molecular flexibility index (Phi) is 9.55. The number of Topliss-reactive ketones (excluding diaryl/α,β-unsaturated/α-hetero) is 1. The van der Waals surface area contributed by atoms with Gasteiger partial charge in [0, 0.05) is 20.0 Å². The summed E-state index contributed by atoms with van der Waals surface area (Å²) in [5, 5.41) is 1.88. The first-order valence-electron chi connectivity index (χ1n) is 8.09. The van der Waals surface area contributed by atoms with E-state index in [0.717, 1.165) is 17.7 Å². The Balaban J connectivity index is 2.08. The van der Waals surface area contributed by atoms with E-state index in [9.17, 15) is 9.59 Å². The lowest BCUT2D eigenvalue weighted by Crippen LogP contribution is -2.29. The third-order valence-electron chi connectivity index (χ3n) is 3.51. The minimum atomic E-state index is -0.340. The first-order valence-corrected chi connectivity index (χ1v) is 8.97. The maximum atomic E-state index is 11.8. The number of nitrogens with zero attached hydrogens (tertiary/aromatic N) is 1. The van der Waals surface area contributed by atoms with Gasteiger partial charge in [0.05, 0.1) is 11.5 Å². The lowest BCUT2D eigenvalue weighted by molar-refractivity contribution is 0.0940. The van der Waals surface area contributed by atoms with Crippen molar-refractivity contribution >= 4 is 23.2 Å². The van der Waals surface area contributed by atoms with E-state index >= 15 is 0 Å². The quantitative estimate of drug-likeness (QED) is 0.436. The first kappa shape index (κ1) is 18.7. The van der Waals surface area contributed by atoms with E-state index in [2.05, 4.69) is 6.92 Å². The number of ketones is 1. The van der Waals surface area contributed by atoms with Gasteiger partial charge in [-0.1, -0.05) is 45.1 Å². The number of carbonyl (C=O) groups is 2. The molecule has 1 aromatic rings. The molecular formula is C17H27NO3S. The van der Waals surface area contributed by atoms with Crippen LogP contribution in [0.5, 0.6) is 0 Å². The van der Waals surface area contributed by atoms with Crippen molar-refractivity contribution in [3.63, 3.8) is 0 Å². The second-order valence-electron chi connectivity index (χ2n) is 5.45. The molecule has 0 saturated heterocycles. The van der Waals surface area contributed by atoms with Gasteiger partial charge < -0.3 is 9.64 Å². The van der Waals surface area contributed by atoms with Gasteiger partial charge in [-0.2, -0.15) is 0 Å². The molecule has 0 fully saturated rings. The van der Waals surface area contributed by atoms with Gasteiger partial charge in [-0.05, 0) is 17.9 Å². The summed E-state index contributed by atoms with van der Waals surface area (Å²) in [6.07, 6.45) is 7.00. The Morgan fingerprint density at radius 3 is 2.59 bits per heavy atom. The van der Waals surface area contributed by atoms with Crippen molar-refractivity contribution in [1.29, 1.82) is 0 Å². The van der Waals surface area contributed by atoms with Crippen LogP contribution >= 0.6 is 11.3 Å². The Labute approximate surface area is 137 Å². The minimum absolute atomic E-state index is 0.0746. The van der Waals surface area contributed by atoms with Crippen LogP contribution in [0.25, 0.3) is 0 Å². The molecule has 0 spiro atoms. The lowest BCUT2D eigenvalue weighted by Gasteiger charge is -2.16. The Hall–Kier alpha value is -1.36. The average molecular weight is 325 g/mol. The molecule has 1 amide bonds. The zero-order valence-corrected chi connectivity index (χ0v) is 14.5. The van der Waals surface area contributed by atoms with Crippen molar-refractivity contribution in [2.24, 2.45) is 0 Å². The summed E-state index contributed by atoms with van der Waals surface area (Å²) in [6.45, 7) is 3.06. The number of thiophene rings is 1. The summed E-state index contributed by atoms with van der Waals surface area (Å²) in [7, 11) is 1.67. The van der Waals surface area contributed by atoms with Gasteiger partial charge in [-0.15, -0.1) is 11.3 Å². The number of rotatable bonds is 11. The van der Waals surface area contributed by atoms with Gasteiger partial charge >= 0.3 is 6.09 Å². The molecular weight excluding hydrogens is 298 g/mol. The van der Waals surface area contributed by atoms with E-state index in [1.165, 1.54) is 41.9 Å². The van der Waals surface area contributed by atoms with Gasteiger partial charge in [-0.25, -0.2) is 4.79 Å². The van der Waals surface area contributed by atoms with Gasteiger partial charge in [0.25, 0.3) is 0 Å². The molecule has 0 aliphatic carbocycles. The molecule has 0 N–H and O–H groups in total. The normalized spacial score (nSPS) is 10.5. The van der Waals surface area contributed by atoms with Crippen molar-refractivity contribution < 1.29 is 14.3 Å². The SMILES string of the molecule is CCCCCCCCOC(=O)N(C)CCC(=O)c1cccs1. The molecule has 1 rings (SSSR count). The zero-order valence-electron chi connectivity index (χ0n) is 13.7. The third-order valence-corrected chi connectivity index (χ3v) is 4.42. The highest BCUT2D eigenvalue weighted by molar-refractivity contribution is 7.12. The number of unbranched alkanes of at least 4 members (excludes halogenated alkanes) is 5. The predicted octanol–water partition coefficient (Wildman–Crippen LogP) is 4.75. The molecule has 0 aliphatic rings. The maximum Gasteiger partial charge on any atom is 0.409 e. The Morgan fingerprint density at radius 1 is 1.18 bits per heavy atom. The molecule has 1 aromatic heterocycles. The van der Waals surface area contributed by atoms with Crippen LogP contribution in [0.3, 0.4) is 0 Å². The van der Waals surface area contributed by atoms with Crippen molar-refractivity contribution in [1.82, 2.24) is 4.90 Å². The number of amides is 1. The molecule has 0 radical (unpaired) electrons. The monoisotopic (exact) mass is 325 g/mol. The standard InChI is InChI=1S/C17H27NO3S/c1-3-4-5-6-7-8-13-21-17(20)18(2)12-11-15(19)16-10-9-14-22-16/h9-10,14H,3-8,11-13H2,1-2H3. The van der Waals surface area contributed by atoms with Crippen LogP contribution in [-0.2, 0) is 4.74 Å². The minimum Gasteiger partial charge on any atom is -0.449 e. The Morgan fingerprint density at radius 2 is 1.91 bits per heavy atom. The molecule has 0 bridgehead atoms. The van der Waals surface area contributed by atoms with E-state index < -0.39 is 0 Å². The highest BCUT2D eigenvalue weighted by atomic mass is 32.1. The van der Waals surface area contributed by atoms with E-state index in [0.29, 0.717) is 19.6 Å². The lowest BCUT2D eigenvalue weighted by atomic mass is 10.1. The topological polar surface area (TPSA) is 46.6 Å². The molecule has 0 unspecified atom stereocenters. The van der Waals surface area contributed by atoms with Crippen LogP contribution < -0.4 is 0 Å². The summed E-state index contributed by atoms with van der Waals surface area (Å²) in [5.41, 5.74) is 0. The summed E-state index contributed by atoms with van der Waals surface area (Å²) in [5.74, 6) is 0.0746. The van der Waals surface area contributed by atoms with Crippen molar-refractivity contribution in [3.8, 4) is 0 Å². The molecule has 1 heterocycles. The van der Waals surface area contributed by atoms with Crippen molar-refractivity contribution in [2.75, 3.05) is 20.2 Å². The maximum absolute atomic E-state index is 11.8. The van der Waals surface area contributed by atoms with Gasteiger partial charge in [0.1, 0.15) is 0 Å². The molecule has 0 atom stereocenters. The van der Waals surface area contributed by atoms with Crippen molar-refractivity contribution in [2.45, 2.75) is 51.9 Å². The fourth-order valence-corrected chi connectivity index (χ4v) is 2.77. The van der Waals surface area contributed by atoms with Crippen LogP contribution in [0.4, 0.5) is 4.79 Å². The molecule has 0 aromatic carbocycles. The van der Waals surface area contributed by atoms with E-state index in [1.807, 2.05) is 17.5 Å². The Bertz CT molecular complexity index is 431. The molecule has 22 heavy (non-hydrogen) atoms. The number of hydrogen-bond acceptors (Lipinski definition) is 4. The fourth-order valence-electron chi connectivity index (χ4n) is 2.07. The molecule has 0 aliphatic heterocycles. The smallest absolute Gasteiger partial charge is 0.409 e. The van der Waals surface area contributed by atoms with Gasteiger partial charge in [0.15, 0.2) is 5.78 Å². The summed E-state index contributed by atoms with van der Waals surface area (Å²) < 4.78 is 5.21. The summed E-state index contributed by atoms with van der Waals surface area (Å²) in [6, 6.07) is 3.67. The molecule has 5 heteroatoms. The first-order chi connectivity index (χ1) is 10.6. The van der Waals surface area contributed by atoms with Crippen molar-refractivity contribution in [3.05, 3.63) is 22.4 Å². The van der Waals surface area contributed by atoms with Crippen LogP contribution in [-0.4, -0.2) is 37.0 Å². The van der Waals surface area contributed by atoms with E-state index in [4.69, 9.17) is 4.74 Å². The summed E-state index contributed by atoms with van der Waals surface area (Å²) >= 11 is 1.43. The highest BCUT2D eigenvalue weighted by Gasteiger charge is 2.13. The van der Waals surface area contributed by atoms with Gasteiger partial charge in [-0.3, -0.25) is 4.79 Å². The average Bonchev–Trinajstić information content (AvgIpc) is 3.05. The number of ether oxygens (including phenoxy) is 1.